The monoisotopic (exact) mass is 537 g/mol. The summed E-state index contributed by atoms with van der Waals surface area (Å²) in [4.78, 5) is 0. The summed E-state index contributed by atoms with van der Waals surface area (Å²) in [7, 11) is 0. The third-order valence-electron chi connectivity index (χ3n) is 6.37. The molecule has 0 amide bonds. The van der Waals surface area contributed by atoms with Crippen LogP contribution in [0.15, 0.2) is 36.4 Å². The third-order valence-corrected chi connectivity index (χ3v) is 12.9. The Morgan fingerprint density at radius 1 is 0.829 bits per heavy atom. The van der Waals surface area contributed by atoms with Crippen molar-refractivity contribution in [1.29, 1.82) is 0 Å². The molecule has 3 rings (SSSR count). The van der Waals surface area contributed by atoms with Crippen LogP contribution in [0.5, 0.6) is 0 Å². The molecule has 1 aliphatic heterocycles. The van der Waals surface area contributed by atoms with E-state index < -0.39 is 30.2 Å². The summed E-state index contributed by atoms with van der Waals surface area (Å²) in [5.41, 5.74) is -2.71. The Morgan fingerprint density at radius 3 is 1.71 bits per heavy atom. The maximum Gasteiger partial charge on any atom is 0.435 e. The van der Waals surface area contributed by atoms with Gasteiger partial charge in [-0.2, -0.15) is 30.9 Å². The maximum atomic E-state index is 14.5. The van der Waals surface area contributed by atoms with E-state index in [1.54, 1.807) is 6.92 Å². The summed E-state index contributed by atoms with van der Waals surface area (Å²) in [6.45, 7) is 9.81. The van der Waals surface area contributed by atoms with E-state index in [1.165, 1.54) is 18.2 Å². The van der Waals surface area contributed by atoms with Gasteiger partial charge in [0, 0.05) is 16.9 Å². The molecule has 2 aromatic rings. The molecule has 1 unspecified atom stereocenters. The summed E-state index contributed by atoms with van der Waals surface area (Å²) >= 11 is 1.08. The molecule has 0 saturated carbocycles. The highest BCUT2D eigenvalue weighted by atomic mass is 32.7. The molecule has 0 aromatic heterocycles. The molecule has 9 heteroatoms. The second kappa shape index (κ2) is 9.57. The fourth-order valence-corrected chi connectivity index (χ4v) is 12.1. The summed E-state index contributed by atoms with van der Waals surface area (Å²) < 4.78 is 92.9. The first kappa shape index (κ1) is 28.3. The van der Waals surface area contributed by atoms with Gasteiger partial charge >= 0.3 is 18.0 Å². The van der Waals surface area contributed by atoms with E-state index in [1.807, 2.05) is 53.7 Å². The van der Waals surface area contributed by atoms with Crippen molar-refractivity contribution in [2.24, 2.45) is 0 Å². The van der Waals surface area contributed by atoms with Crippen LogP contribution in [-0.4, -0.2) is 18.1 Å². The molecular formula is C26H32F6OPS+. The lowest BCUT2D eigenvalue weighted by Gasteiger charge is -2.33. The Bertz CT molecular complexity index is 1030. The van der Waals surface area contributed by atoms with Crippen molar-refractivity contribution in [2.45, 2.75) is 84.2 Å². The van der Waals surface area contributed by atoms with Gasteiger partial charge in [0.2, 0.25) is 0 Å². The molecular weight excluding hydrogens is 505 g/mol. The van der Waals surface area contributed by atoms with Crippen LogP contribution < -0.4 is 10.6 Å². The maximum absolute atomic E-state index is 14.5. The van der Waals surface area contributed by atoms with Crippen LogP contribution in [0.1, 0.15) is 88.5 Å². The highest BCUT2D eigenvalue weighted by molar-refractivity contribution is 8.65. The van der Waals surface area contributed by atoms with E-state index >= 15 is 0 Å². The number of benzene rings is 2. The van der Waals surface area contributed by atoms with Gasteiger partial charge in [0.1, 0.15) is 10.6 Å². The molecule has 1 heterocycles. The molecule has 0 spiro atoms. The lowest BCUT2D eigenvalue weighted by molar-refractivity contribution is -0.361. The topological polar surface area (TPSA) is 9.23 Å². The molecule has 35 heavy (non-hydrogen) atoms. The van der Waals surface area contributed by atoms with E-state index in [-0.39, 0.29) is 23.1 Å². The highest BCUT2D eigenvalue weighted by Gasteiger charge is 2.84. The zero-order valence-electron chi connectivity index (χ0n) is 20.9. The molecule has 0 saturated heterocycles. The largest absolute Gasteiger partial charge is 0.435 e. The van der Waals surface area contributed by atoms with Crippen LogP contribution in [0.4, 0.5) is 26.3 Å². The second-order valence-electron chi connectivity index (χ2n) is 9.77. The van der Waals surface area contributed by atoms with Gasteiger partial charge in [-0.05, 0) is 29.4 Å². The molecule has 2 aromatic carbocycles. The van der Waals surface area contributed by atoms with Gasteiger partial charge in [-0.1, -0.05) is 78.8 Å². The molecule has 1 aliphatic rings. The number of fused-ring (bicyclic) bond motifs is 1. The summed E-state index contributed by atoms with van der Waals surface area (Å²) in [6, 6.07) is 8.95. The van der Waals surface area contributed by atoms with Gasteiger partial charge in [-0.3, -0.25) is 0 Å². The fourth-order valence-electron chi connectivity index (χ4n) is 4.65. The van der Waals surface area contributed by atoms with Crippen LogP contribution in [0, 0.1) is 0 Å². The van der Waals surface area contributed by atoms with E-state index in [9.17, 15) is 26.3 Å². The van der Waals surface area contributed by atoms with Gasteiger partial charge in [-0.15, -0.1) is 0 Å². The first-order valence-electron chi connectivity index (χ1n) is 11.7. The Hall–Kier alpha value is -1.24. The van der Waals surface area contributed by atoms with Crippen molar-refractivity contribution in [3.63, 3.8) is 0 Å². The minimum absolute atomic E-state index is 0.0163. The van der Waals surface area contributed by atoms with Crippen LogP contribution in [0.2, 0.25) is 0 Å². The summed E-state index contributed by atoms with van der Waals surface area (Å²) in [6.07, 6.45) is -11.4. The average molecular weight is 538 g/mol. The highest BCUT2D eigenvalue weighted by Crippen LogP contribution is 2.80. The van der Waals surface area contributed by atoms with Gasteiger partial charge in [0.25, 0.3) is 6.69 Å². The van der Waals surface area contributed by atoms with Crippen molar-refractivity contribution < 1.29 is 30.9 Å². The van der Waals surface area contributed by atoms with Crippen LogP contribution in [0.25, 0.3) is 0 Å². The number of hydrogen-bond donors (Lipinski definition) is 0. The van der Waals surface area contributed by atoms with Gasteiger partial charge in [0.15, 0.2) is 0 Å². The predicted octanol–water partition coefficient (Wildman–Crippen LogP) is 8.96. The second-order valence-corrected chi connectivity index (χ2v) is 15.1. The smallest absolute Gasteiger partial charge is 0.184 e. The summed E-state index contributed by atoms with van der Waals surface area (Å²) in [5, 5.41) is 0.532. The lowest BCUT2D eigenvalue weighted by Crippen LogP contribution is -2.54. The fraction of sp³-hybridized carbons (Fsp3) is 0.538. The van der Waals surface area contributed by atoms with E-state index in [4.69, 9.17) is 4.52 Å². The Morgan fingerprint density at radius 2 is 1.31 bits per heavy atom. The quantitative estimate of drug-likeness (QED) is 0.269. The lowest BCUT2D eigenvalue weighted by atomic mass is 9.89. The zero-order valence-corrected chi connectivity index (χ0v) is 22.6. The zero-order chi connectivity index (χ0) is 26.6. The minimum atomic E-state index is -5.69. The molecule has 0 aliphatic carbocycles. The predicted molar refractivity (Wildman–Crippen MR) is 134 cm³/mol. The Labute approximate surface area is 208 Å². The summed E-state index contributed by atoms with van der Waals surface area (Å²) in [5.74, 6) is 0.194. The molecule has 0 N–H and O–H groups in total. The number of alkyl halides is 6. The number of rotatable bonds is 6. The van der Waals surface area contributed by atoms with Crippen molar-refractivity contribution in [3.8, 4) is 0 Å². The molecule has 0 radical (unpaired) electrons. The first-order chi connectivity index (χ1) is 16.0. The standard InChI is InChI=1S/C26H32F6OPS/c1-8-35-34(23-19(16(4)5)13-18(15(2)3)14-20(23)17(6)7)22-12-10-9-11-21(22)24(33-34,25(27,28)29)26(30,31)32/h9-17H,8H2,1-7H3/q+1. The van der Waals surface area contributed by atoms with Crippen molar-refractivity contribution in [1.82, 2.24) is 0 Å². The molecule has 0 fully saturated rings. The van der Waals surface area contributed by atoms with Gasteiger partial charge in [0.05, 0.1) is 16.9 Å². The van der Waals surface area contributed by atoms with E-state index in [2.05, 4.69) is 0 Å². The normalized spacial score (nSPS) is 20.2. The number of hydrogen-bond acceptors (Lipinski definition) is 2. The van der Waals surface area contributed by atoms with Gasteiger partial charge in [-0.25, -0.2) is 0 Å². The molecule has 1 atom stereocenters. The van der Waals surface area contributed by atoms with Gasteiger partial charge < -0.3 is 0 Å². The van der Waals surface area contributed by atoms with E-state index in [0.29, 0.717) is 11.1 Å². The minimum Gasteiger partial charge on any atom is -0.184 e. The van der Waals surface area contributed by atoms with E-state index in [0.717, 1.165) is 34.1 Å². The average Bonchev–Trinajstić information content (AvgIpc) is 3.05. The number of halogens is 6. The molecule has 1 nitrogen and oxygen atoms in total. The molecule has 0 bridgehead atoms. The Kier molecular flexibility index (Phi) is 7.75. The van der Waals surface area contributed by atoms with Crippen molar-refractivity contribution in [3.05, 3.63) is 58.7 Å². The van der Waals surface area contributed by atoms with Crippen molar-refractivity contribution >= 4 is 28.7 Å². The van der Waals surface area contributed by atoms with Crippen LogP contribution >= 0.6 is 18.1 Å². The molecule has 194 valence electrons. The van der Waals surface area contributed by atoms with Crippen LogP contribution in [0.3, 0.4) is 0 Å². The van der Waals surface area contributed by atoms with Crippen LogP contribution in [-0.2, 0) is 10.1 Å². The first-order valence-corrected chi connectivity index (χ1v) is 15.0. The SMILES string of the molecule is CCS[P+]1(c2c(C(C)C)cc(C(C)C)cc2C(C)C)OC(C(F)(F)F)(C(F)(F)F)c2ccccc21. The third kappa shape index (κ3) is 4.42. The Balaban J connectivity index is 2.56. The van der Waals surface area contributed by atoms with Crippen molar-refractivity contribution in [2.75, 3.05) is 5.75 Å².